The van der Waals surface area contributed by atoms with Crippen LogP contribution in [0.2, 0.25) is 0 Å². The first-order valence-corrected chi connectivity index (χ1v) is 17.2. The Balaban J connectivity index is 1.15. The highest BCUT2D eigenvalue weighted by atomic mass is 32.2. The quantitative estimate of drug-likeness (QED) is 0.316. The second-order valence-electron chi connectivity index (χ2n) is 12.5. The van der Waals surface area contributed by atoms with E-state index in [1.165, 1.54) is 50.9 Å². The van der Waals surface area contributed by atoms with Gasteiger partial charge in [-0.2, -0.15) is 9.19 Å². The number of anilines is 2. The lowest BCUT2D eigenvalue weighted by atomic mass is 9.82. The summed E-state index contributed by atoms with van der Waals surface area (Å²) in [6.45, 7) is 4.76. The molecule has 0 unspecified atom stereocenters. The third kappa shape index (κ3) is 7.75. The van der Waals surface area contributed by atoms with Crippen LogP contribution in [-0.4, -0.2) is 94.5 Å². The van der Waals surface area contributed by atoms with Crippen molar-refractivity contribution in [3.05, 3.63) is 42.5 Å². The lowest BCUT2D eigenvalue weighted by molar-refractivity contribution is 0.166. The van der Waals surface area contributed by atoms with Crippen LogP contribution in [0.5, 0.6) is 5.75 Å². The van der Waals surface area contributed by atoms with Gasteiger partial charge in [0.05, 0.1) is 41.9 Å². The van der Waals surface area contributed by atoms with Gasteiger partial charge in [-0.25, -0.2) is 23.4 Å². The minimum atomic E-state index is -3.46. The fourth-order valence-corrected chi connectivity index (χ4v) is 7.46. The third-order valence-corrected chi connectivity index (χ3v) is 10.6. The maximum absolute atomic E-state index is 12.6. The van der Waals surface area contributed by atoms with Crippen LogP contribution in [-0.2, 0) is 10.0 Å². The predicted molar refractivity (Wildman–Crippen MR) is 170 cm³/mol. The van der Waals surface area contributed by atoms with Crippen molar-refractivity contribution in [3.63, 3.8) is 0 Å². The Morgan fingerprint density at radius 3 is 2.55 bits per heavy atom. The molecule has 44 heavy (non-hydrogen) atoms. The lowest BCUT2D eigenvalue weighted by Crippen LogP contribution is -2.27. The number of likely N-dealkylation sites (tertiary alicyclic amines) is 1. The van der Waals surface area contributed by atoms with Crippen LogP contribution in [0.3, 0.4) is 0 Å². The number of aromatic nitrogens is 5. The number of hydrogen-bond acceptors (Lipinski definition) is 10. The molecule has 4 heterocycles. The fourth-order valence-electron chi connectivity index (χ4n) is 5.99. The van der Waals surface area contributed by atoms with Gasteiger partial charge in [0.2, 0.25) is 0 Å². The molecule has 234 valence electrons. The van der Waals surface area contributed by atoms with Gasteiger partial charge in [-0.1, -0.05) is 11.8 Å². The van der Waals surface area contributed by atoms with E-state index < -0.39 is 10.0 Å². The highest BCUT2D eigenvalue weighted by Gasteiger charge is 2.37. The fraction of sp³-hybridized carbons (Fsp3) is 0.562. The van der Waals surface area contributed by atoms with E-state index in [4.69, 9.17) is 4.74 Å². The monoisotopic (exact) mass is 618 g/mol. The highest BCUT2D eigenvalue weighted by Crippen LogP contribution is 2.32. The lowest BCUT2D eigenvalue weighted by Gasteiger charge is -2.30. The molecule has 2 saturated carbocycles. The number of nitrogens with zero attached hydrogens (tertiary/aromatic N) is 7. The molecule has 1 aliphatic heterocycles. The first-order chi connectivity index (χ1) is 21.3. The van der Waals surface area contributed by atoms with E-state index >= 15 is 0 Å². The largest absolute Gasteiger partial charge is 0.492 e. The van der Waals surface area contributed by atoms with E-state index in [2.05, 4.69) is 61.1 Å². The molecule has 0 amide bonds. The van der Waals surface area contributed by atoms with Gasteiger partial charge in [0.15, 0.2) is 5.82 Å². The van der Waals surface area contributed by atoms with Gasteiger partial charge >= 0.3 is 0 Å². The van der Waals surface area contributed by atoms with Crippen LogP contribution < -0.4 is 10.1 Å². The topological polar surface area (TPSA) is 118 Å². The molecule has 0 bridgehead atoms. The molecular weight excluding hydrogens is 576 g/mol. The Kier molecular flexibility index (Phi) is 9.44. The maximum atomic E-state index is 12.6. The van der Waals surface area contributed by atoms with Gasteiger partial charge < -0.3 is 15.0 Å². The first-order valence-electron chi connectivity index (χ1n) is 15.7. The molecule has 3 fully saturated rings. The zero-order chi connectivity index (χ0) is 30.5. The maximum Gasteiger partial charge on any atom is 0.256 e. The third-order valence-electron chi connectivity index (χ3n) is 8.59. The van der Waals surface area contributed by atoms with Gasteiger partial charge in [-0.3, -0.25) is 4.90 Å². The summed E-state index contributed by atoms with van der Waals surface area (Å²) in [5, 5.41) is 6.98. The van der Waals surface area contributed by atoms with Crippen molar-refractivity contribution in [2.75, 3.05) is 52.2 Å². The Morgan fingerprint density at radius 1 is 1.02 bits per heavy atom. The summed E-state index contributed by atoms with van der Waals surface area (Å²) in [7, 11) is 0.837. The van der Waals surface area contributed by atoms with Crippen molar-refractivity contribution in [3.8, 4) is 29.0 Å². The van der Waals surface area contributed by atoms with Crippen molar-refractivity contribution in [1.82, 2.24) is 33.9 Å². The van der Waals surface area contributed by atoms with E-state index in [-0.39, 0.29) is 5.25 Å². The smallest absolute Gasteiger partial charge is 0.256 e. The van der Waals surface area contributed by atoms with Crippen LogP contribution >= 0.6 is 0 Å². The summed E-state index contributed by atoms with van der Waals surface area (Å²) < 4.78 is 32.6. The van der Waals surface area contributed by atoms with Crippen molar-refractivity contribution in [2.24, 2.45) is 11.8 Å². The molecule has 11 nitrogen and oxygen atoms in total. The summed E-state index contributed by atoms with van der Waals surface area (Å²) in [6.07, 6.45) is 15.0. The van der Waals surface area contributed by atoms with Crippen LogP contribution in [0.1, 0.15) is 56.9 Å². The number of nitrogens with one attached hydrogen (secondary N) is 1. The molecule has 0 spiro atoms. The molecule has 3 aliphatic rings. The molecule has 1 saturated heterocycles. The number of ether oxygens (including phenoxy) is 1. The average molecular weight is 619 g/mol. The van der Waals surface area contributed by atoms with Crippen molar-refractivity contribution in [2.45, 2.75) is 56.6 Å². The normalized spacial score (nSPS) is 20.8. The van der Waals surface area contributed by atoms with Crippen molar-refractivity contribution in [1.29, 1.82) is 0 Å². The van der Waals surface area contributed by atoms with Gasteiger partial charge in [0.1, 0.15) is 17.4 Å². The molecule has 3 aromatic heterocycles. The molecule has 0 atom stereocenters. The van der Waals surface area contributed by atoms with Gasteiger partial charge in [-0.05, 0) is 96.5 Å². The minimum absolute atomic E-state index is 0.349. The summed E-state index contributed by atoms with van der Waals surface area (Å²) in [5.41, 5.74) is 1.31. The molecule has 12 heteroatoms. The summed E-state index contributed by atoms with van der Waals surface area (Å²) in [4.78, 5) is 18.2. The molecule has 6 rings (SSSR count). The average Bonchev–Trinajstić information content (AvgIpc) is 3.53. The second kappa shape index (κ2) is 13.6. The second-order valence-corrected chi connectivity index (χ2v) is 14.6. The standard InChI is InChI=1S/C32H42N8O3S/c1-38(2)21-24-7-9-25(10-8-24)23-43-29-18-31(34-19-26(29)6-5-17-39-15-3-4-16-39)36-30-13-14-33-32(37-30)27-20-35-40(22-27)44(41,42)28-11-12-28/h13-14,18-20,22,24-25,28H,3-4,7-12,15-17,21,23H2,1-2H3,(H,33,34,36,37). The number of pyridine rings is 1. The molecule has 3 aromatic rings. The molecule has 0 radical (unpaired) electrons. The number of rotatable bonds is 11. The predicted octanol–water partition coefficient (Wildman–Crippen LogP) is 4.01. The summed E-state index contributed by atoms with van der Waals surface area (Å²) >= 11 is 0. The van der Waals surface area contributed by atoms with E-state index in [0.717, 1.165) is 41.7 Å². The Labute approximate surface area is 260 Å². The van der Waals surface area contributed by atoms with Gasteiger partial charge in [0, 0.05) is 25.0 Å². The Bertz CT molecular complexity index is 1590. The number of hydrogen-bond donors (Lipinski definition) is 1. The Hall–Kier alpha value is -3.53. The van der Waals surface area contributed by atoms with Crippen LogP contribution in [0.15, 0.2) is 36.9 Å². The van der Waals surface area contributed by atoms with Crippen LogP contribution in [0.4, 0.5) is 11.6 Å². The molecule has 0 aromatic carbocycles. The van der Waals surface area contributed by atoms with Crippen molar-refractivity contribution >= 4 is 21.7 Å². The molecule has 1 N–H and O–H groups in total. The van der Waals surface area contributed by atoms with E-state index in [9.17, 15) is 8.42 Å². The van der Waals surface area contributed by atoms with E-state index in [1.54, 1.807) is 18.5 Å². The van der Waals surface area contributed by atoms with Crippen LogP contribution in [0, 0.1) is 23.7 Å². The molecule has 2 aliphatic carbocycles. The highest BCUT2D eigenvalue weighted by molar-refractivity contribution is 7.90. The zero-order valence-electron chi connectivity index (χ0n) is 25.7. The van der Waals surface area contributed by atoms with Crippen LogP contribution in [0.25, 0.3) is 11.4 Å². The first kappa shape index (κ1) is 30.5. The zero-order valence-corrected chi connectivity index (χ0v) is 26.5. The summed E-state index contributed by atoms with van der Waals surface area (Å²) in [5.74, 6) is 10.1. The van der Waals surface area contributed by atoms with Gasteiger partial charge in [0.25, 0.3) is 10.0 Å². The minimum Gasteiger partial charge on any atom is -0.492 e. The van der Waals surface area contributed by atoms with Crippen molar-refractivity contribution < 1.29 is 13.2 Å². The molecular formula is C32H42N8O3S. The Morgan fingerprint density at radius 2 is 1.80 bits per heavy atom. The summed E-state index contributed by atoms with van der Waals surface area (Å²) in [6, 6.07) is 3.63. The SMILES string of the molecule is CN(C)CC1CCC(COc2cc(Nc3ccnc(-c4cnn(S(=O)(=O)C5CC5)c4)n3)ncc2C#CCN2CCCC2)CC1. The van der Waals surface area contributed by atoms with E-state index in [1.807, 2.05) is 6.07 Å². The van der Waals surface area contributed by atoms with Gasteiger partial charge in [-0.15, -0.1) is 0 Å². The van der Waals surface area contributed by atoms with E-state index in [0.29, 0.717) is 54.1 Å².